The zero-order valence-electron chi connectivity index (χ0n) is 20.9. The highest BCUT2D eigenvalue weighted by Crippen LogP contribution is 2.72. The standard InChI is InChI=1S/C29H35BrO6/c1-27-11-9-19(32)13-17(27)5-8-20-21-10-12-29(23(34)15-31,28(21,2)14-22(33)25(20)27)24(26(35)36)16-3-6-18(30)7-4-16/h3-4,6-7,13,20-22,24-25,31,33H,5,8-12,14-15H2,1-2H3,(H,35,36)/t20-,21-,22-,24?,25+,27-,28-,29+/m0/s1. The zero-order valence-corrected chi connectivity index (χ0v) is 22.5. The van der Waals surface area contributed by atoms with Crippen molar-refractivity contribution in [3.05, 3.63) is 46.0 Å². The summed E-state index contributed by atoms with van der Waals surface area (Å²) in [6.07, 6.45) is 5.24. The lowest BCUT2D eigenvalue weighted by molar-refractivity contribution is -0.174. The molecule has 4 aliphatic rings. The minimum Gasteiger partial charge on any atom is -0.481 e. The Morgan fingerprint density at radius 3 is 2.44 bits per heavy atom. The van der Waals surface area contributed by atoms with Gasteiger partial charge in [-0.05, 0) is 90.9 Å². The van der Waals surface area contributed by atoms with Gasteiger partial charge in [-0.3, -0.25) is 14.4 Å². The van der Waals surface area contributed by atoms with Gasteiger partial charge < -0.3 is 15.3 Å². The molecule has 0 amide bonds. The number of benzene rings is 1. The van der Waals surface area contributed by atoms with Crippen LogP contribution in [0.1, 0.15) is 70.3 Å². The molecule has 5 rings (SSSR count). The number of ketones is 2. The highest BCUT2D eigenvalue weighted by atomic mass is 79.9. The fourth-order valence-corrected chi connectivity index (χ4v) is 9.54. The topological polar surface area (TPSA) is 112 Å². The minimum atomic E-state index is -1.32. The van der Waals surface area contributed by atoms with Gasteiger partial charge in [-0.2, -0.15) is 0 Å². The van der Waals surface area contributed by atoms with Crippen LogP contribution in [-0.4, -0.2) is 45.6 Å². The van der Waals surface area contributed by atoms with E-state index in [0.29, 0.717) is 31.2 Å². The molecule has 1 aromatic rings. The molecule has 1 aromatic carbocycles. The van der Waals surface area contributed by atoms with Gasteiger partial charge in [-0.25, -0.2) is 0 Å². The summed E-state index contributed by atoms with van der Waals surface area (Å²) in [5, 5.41) is 32.5. The summed E-state index contributed by atoms with van der Waals surface area (Å²) < 4.78 is 0.814. The van der Waals surface area contributed by atoms with E-state index in [2.05, 4.69) is 22.9 Å². The molecule has 0 aliphatic heterocycles. The summed E-state index contributed by atoms with van der Waals surface area (Å²) >= 11 is 3.41. The van der Waals surface area contributed by atoms with Gasteiger partial charge in [0.2, 0.25) is 0 Å². The van der Waals surface area contributed by atoms with Crippen LogP contribution in [0.2, 0.25) is 0 Å². The Morgan fingerprint density at radius 2 is 1.81 bits per heavy atom. The molecule has 7 heteroatoms. The first kappa shape index (κ1) is 25.8. The second kappa shape index (κ2) is 8.88. The monoisotopic (exact) mass is 558 g/mol. The van der Waals surface area contributed by atoms with Crippen LogP contribution in [0, 0.1) is 34.0 Å². The van der Waals surface area contributed by atoms with Gasteiger partial charge in [0.25, 0.3) is 0 Å². The summed E-state index contributed by atoms with van der Waals surface area (Å²) in [5.74, 6) is -2.34. The van der Waals surface area contributed by atoms with Crippen molar-refractivity contribution in [3.63, 3.8) is 0 Å². The smallest absolute Gasteiger partial charge is 0.312 e. The summed E-state index contributed by atoms with van der Waals surface area (Å²) in [5.41, 5.74) is -0.695. The number of halogens is 1. The van der Waals surface area contributed by atoms with Gasteiger partial charge in [0.1, 0.15) is 6.61 Å². The Kier molecular flexibility index (Phi) is 6.37. The first-order valence-corrected chi connectivity index (χ1v) is 13.8. The maximum absolute atomic E-state index is 13.7. The van der Waals surface area contributed by atoms with Gasteiger partial charge in [0.05, 0.1) is 17.4 Å². The molecule has 4 aliphatic carbocycles. The fraction of sp³-hybridized carbons (Fsp3) is 0.621. The third kappa shape index (κ3) is 3.45. The van der Waals surface area contributed by atoms with Crippen molar-refractivity contribution in [3.8, 4) is 0 Å². The Morgan fingerprint density at radius 1 is 1.11 bits per heavy atom. The lowest BCUT2D eigenvalue weighted by atomic mass is 9.42. The fourth-order valence-electron chi connectivity index (χ4n) is 9.28. The molecule has 0 saturated heterocycles. The van der Waals surface area contributed by atoms with Crippen molar-refractivity contribution >= 4 is 33.5 Å². The number of rotatable bonds is 5. The average Bonchev–Trinajstić information content (AvgIpc) is 3.13. The van der Waals surface area contributed by atoms with Crippen LogP contribution >= 0.6 is 15.9 Å². The number of Topliss-reactive ketones (excluding diaryl/α,β-unsaturated/α-hetero) is 1. The molecule has 0 aromatic heterocycles. The van der Waals surface area contributed by atoms with E-state index in [4.69, 9.17) is 0 Å². The summed E-state index contributed by atoms with van der Waals surface area (Å²) in [6.45, 7) is 3.45. The van der Waals surface area contributed by atoms with E-state index < -0.39 is 41.2 Å². The van der Waals surface area contributed by atoms with Crippen molar-refractivity contribution in [1.82, 2.24) is 0 Å². The van der Waals surface area contributed by atoms with Gasteiger partial charge in [-0.1, -0.05) is 47.5 Å². The Hall–Kier alpha value is -1.83. The summed E-state index contributed by atoms with van der Waals surface area (Å²) in [6, 6.07) is 7.05. The molecule has 6 nitrogen and oxygen atoms in total. The minimum absolute atomic E-state index is 0.0281. The summed E-state index contributed by atoms with van der Waals surface area (Å²) in [4.78, 5) is 38.8. The highest BCUT2D eigenvalue weighted by molar-refractivity contribution is 9.10. The first-order chi connectivity index (χ1) is 17.0. The molecule has 3 N–H and O–H groups in total. The number of hydrogen-bond donors (Lipinski definition) is 3. The van der Waals surface area contributed by atoms with Gasteiger partial charge in [-0.15, -0.1) is 0 Å². The third-order valence-electron chi connectivity index (χ3n) is 10.7. The SMILES string of the molecule is C[C@]12CCC(=O)C=C1CC[C@@H]1[C@@H]2[C@@H](O)C[C@@]2(C)[C@H]1CC[C@@]2(C(=O)CO)C(C(=O)O)c1ccc(Br)cc1. The normalized spacial score (nSPS) is 40.5. The quantitative estimate of drug-likeness (QED) is 0.484. The summed E-state index contributed by atoms with van der Waals surface area (Å²) in [7, 11) is 0. The number of fused-ring (bicyclic) bond motifs is 5. The van der Waals surface area contributed by atoms with Crippen molar-refractivity contribution in [2.45, 2.75) is 70.8 Å². The molecule has 36 heavy (non-hydrogen) atoms. The van der Waals surface area contributed by atoms with Crippen LogP contribution in [0.15, 0.2) is 40.4 Å². The van der Waals surface area contributed by atoms with Gasteiger partial charge in [0.15, 0.2) is 11.6 Å². The molecule has 0 heterocycles. The largest absolute Gasteiger partial charge is 0.481 e. The number of carbonyl (C=O) groups excluding carboxylic acids is 2. The molecule has 3 saturated carbocycles. The second-order valence-electron chi connectivity index (χ2n) is 12.0. The Balaban J connectivity index is 1.63. The van der Waals surface area contributed by atoms with Crippen LogP contribution in [0.4, 0.5) is 0 Å². The van der Waals surface area contributed by atoms with Gasteiger partial charge >= 0.3 is 5.97 Å². The van der Waals surface area contributed by atoms with E-state index in [9.17, 15) is 29.7 Å². The van der Waals surface area contributed by atoms with E-state index in [1.807, 2.05) is 6.92 Å². The number of carboxylic acid groups (broad SMARTS) is 1. The van der Waals surface area contributed by atoms with Crippen molar-refractivity contribution in [2.75, 3.05) is 6.61 Å². The Labute approximate surface area is 220 Å². The molecular weight excluding hydrogens is 524 g/mol. The number of allylic oxidation sites excluding steroid dienone is 1. The molecule has 8 atom stereocenters. The number of carboxylic acids is 1. The lowest BCUT2D eigenvalue weighted by Crippen LogP contribution is -2.61. The van der Waals surface area contributed by atoms with Crippen molar-refractivity contribution in [2.24, 2.45) is 34.0 Å². The predicted octanol–water partition coefficient (Wildman–Crippen LogP) is 4.67. The molecular formula is C29H35BrO6. The van der Waals surface area contributed by atoms with Crippen LogP contribution in [-0.2, 0) is 14.4 Å². The van der Waals surface area contributed by atoms with E-state index >= 15 is 0 Å². The molecule has 0 bridgehead atoms. The van der Waals surface area contributed by atoms with Crippen LogP contribution in [0.3, 0.4) is 0 Å². The third-order valence-corrected chi connectivity index (χ3v) is 11.3. The van der Waals surface area contributed by atoms with E-state index in [-0.39, 0.29) is 29.0 Å². The van der Waals surface area contributed by atoms with Crippen molar-refractivity contribution in [1.29, 1.82) is 0 Å². The molecule has 1 unspecified atom stereocenters. The van der Waals surface area contributed by atoms with Crippen LogP contribution in [0.5, 0.6) is 0 Å². The van der Waals surface area contributed by atoms with E-state index in [1.54, 1.807) is 30.3 Å². The van der Waals surface area contributed by atoms with Gasteiger partial charge in [0, 0.05) is 10.9 Å². The van der Waals surface area contributed by atoms with E-state index in [0.717, 1.165) is 29.3 Å². The number of aliphatic carboxylic acids is 1. The molecule has 194 valence electrons. The number of aliphatic hydroxyl groups is 2. The maximum atomic E-state index is 13.7. The van der Waals surface area contributed by atoms with Crippen LogP contribution in [0.25, 0.3) is 0 Å². The second-order valence-corrected chi connectivity index (χ2v) is 12.9. The zero-order chi connectivity index (χ0) is 26.0. The molecule has 0 radical (unpaired) electrons. The molecule has 0 spiro atoms. The van der Waals surface area contributed by atoms with Crippen molar-refractivity contribution < 1.29 is 29.7 Å². The first-order valence-electron chi connectivity index (χ1n) is 13.0. The maximum Gasteiger partial charge on any atom is 0.312 e. The number of aliphatic hydroxyl groups excluding tert-OH is 2. The average molecular weight is 559 g/mol. The predicted molar refractivity (Wildman–Crippen MR) is 137 cm³/mol. The number of carbonyl (C=O) groups is 3. The highest BCUT2D eigenvalue weighted by Gasteiger charge is 2.71. The lowest BCUT2D eigenvalue weighted by Gasteiger charge is -2.61. The molecule has 3 fully saturated rings. The number of hydrogen-bond acceptors (Lipinski definition) is 5. The van der Waals surface area contributed by atoms with E-state index in [1.165, 1.54) is 0 Å². The van der Waals surface area contributed by atoms with Crippen LogP contribution < -0.4 is 0 Å². The Bertz CT molecular complexity index is 1130.